The van der Waals surface area contributed by atoms with E-state index in [0.29, 0.717) is 13.2 Å². The minimum Gasteiger partial charge on any atom is -0.380 e. The summed E-state index contributed by atoms with van der Waals surface area (Å²) in [6.07, 6.45) is -1.20. The van der Waals surface area contributed by atoms with Gasteiger partial charge in [-0.3, -0.25) is 0 Å². The van der Waals surface area contributed by atoms with Crippen molar-refractivity contribution in [2.75, 3.05) is 13.2 Å². The molecule has 0 aromatic carbocycles. The largest absolute Gasteiger partial charge is 0.380 e. The van der Waals surface area contributed by atoms with E-state index in [1.807, 2.05) is 34.6 Å². The molecule has 0 amide bonds. The van der Waals surface area contributed by atoms with Crippen LogP contribution in [0.1, 0.15) is 34.6 Å². The first-order valence-electron chi connectivity index (χ1n) is 5.34. The Balaban J connectivity index is 4.31. The highest BCUT2D eigenvalue weighted by Gasteiger charge is 2.19. The molecule has 0 unspecified atom stereocenters. The van der Waals surface area contributed by atoms with Crippen molar-refractivity contribution in [1.82, 2.24) is 0 Å². The minimum atomic E-state index is -0.666. The van der Waals surface area contributed by atoms with Gasteiger partial charge < -0.3 is 14.6 Å². The van der Waals surface area contributed by atoms with Crippen LogP contribution in [0.4, 0.5) is 0 Å². The SMILES string of the molecule is CCOC(C#C[C@@H](O)C(C)(C)C)OCC. The van der Waals surface area contributed by atoms with Crippen molar-refractivity contribution < 1.29 is 14.6 Å². The average Bonchev–Trinajstić information content (AvgIpc) is 2.12. The Hall–Kier alpha value is -0.560. The summed E-state index contributed by atoms with van der Waals surface area (Å²) in [6, 6.07) is 0. The van der Waals surface area contributed by atoms with Gasteiger partial charge in [0.1, 0.15) is 6.10 Å². The highest BCUT2D eigenvalue weighted by Crippen LogP contribution is 2.18. The lowest BCUT2D eigenvalue weighted by atomic mass is 9.90. The van der Waals surface area contributed by atoms with Gasteiger partial charge in [-0.1, -0.05) is 26.7 Å². The van der Waals surface area contributed by atoms with Crippen molar-refractivity contribution in [2.24, 2.45) is 5.41 Å². The summed E-state index contributed by atoms with van der Waals surface area (Å²) in [4.78, 5) is 0. The Morgan fingerprint density at radius 2 is 1.53 bits per heavy atom. The predicted molar refractivity (Wildman–Crippen MR) is 60.3 cm³/mol. The van der Waals surface area contributed by atoms with E-state index in [1.54, 1.807) is 0 Å². The highest BCUT2D eigenvalue weighted by atomic mass is 16.7. The standard InChI is InChI=1S/C12H22O3/c1-6-14-11(15-7-2)9-8-10(13)12(3,4)5/h10-11,13H,6-7H2,1-5H3/t10-/m1/s1. The lowest BCUT2D eigenvalue weighted by Gasteiger charge is -2.21. The van der Waals surface area contributed by atoms with E-state index in [1.165, 1.54) is 0 Å². The Morgan fingerprint density at radius 1 is 1.07 bits per heavy atom. The zero-order valence-electron chi connectivity index (χ0n) is 10.3. The van der Waals surface area contributed by atoms with Gasteiger partial charge in [-0.15, -0.1) is 0 Å². The van der Waals surface area contributed by atoms with E-state index in [-0.39, 0.29) is 5.41 Å². The van der Waals surface area contributed by atoms with Crippen LogP contribution in [0.25, 0.3) is 0 Å². The first kappa shape index (κ1) is 14.4. The van der Waals surface area contributed by atoms with Crippen LogP contribution in [-0.2, 0) is 9.47 Å². The summed E-state index contributed by atoms with van der Waals surface area (Å²) in [6.45, 7) is 10.7. The molecule has 0 aliphatic heterocycles. The molecule has 0 aromatic heterocycles. The molecule has 0 saturated carbocycles. The fourth-order valence-electron chi connectivity index (χ4n) is 0.798. The number of hydrogen-bond donors (Lipinski definition) is 1. The zero-order chi connectivity index (χ0) is 11.9. The third-order valence-corrected chi connectivity index (χ3v) is 1.79. The second-order valence-corrected chi connectivity index (χ2v) is 4.30. The maximum absolute atomic E-state index is 9.69. The Kier molecular flexibility index (Phi) is 6.58. The second-order valence-electron chi connectivity index (χ2n) is 4.30. The summed E-state index contributed by atoms with van der Waals surface area (Å²) >= 11 is 0. The molecule has 0 radical (unpaired) electrons. The third kappa shape index (κ3) is 6.51. The number of aliphatic hydroxyl groups excluding tert-OH is 1. The molecule has 0 aliphatic carbocycles. The molecule has 3 nitrogen and oxygen atoms in total. The van der Waals surface area contributed by atoms with E-state index < -0.39 is 12.4 Å². The van der Waals surface area contributed by atoms with Gasteiger partial charge in [-0.25, -0.2) is 0 Å². The molecule has 0 saturated heterocycles. The fraction of sp³-hybridized carbons (Fsp3) is 0.833. The number of rotatable bonds is 4. The van der Waals surface area contributed by atoms with Crippen molar-refractivity contribution in [1.29, 1.82) is 0 Å². The van der Waals surface area contributed by atoms with Gasteiger partial charge in [0.25, 0.3) is 0 Å². The Morgan fingerprint density at radius 3 is 1.87 bits per heavy atom. The molecule has 1 N–H and O–H groups in total. The van der Waals surface area contributed by atoms with E-state index in [2.05, 4.69) is 11.8 Å². The molecular formula is C12H22O3. The smallest absolute Gasteiger partial charge is 0.222 e. The number of ether oxygens (including phenoxy) is 2. The van der Waals surface area contributed by atoms with Crippen molar-refractivity contribution in [3.63, 3.8) is 0 Å². The van der Waals surface area contributed by atoms with E-state index in [0.717, 1.165) is 0 Å². The summed E-state index contributed by atoms with van der Waals surface area (Å²) < 4.78 is 10.5. The van der Waals surface area contributed by atoms with E-state index in [4.69, 9.17) is 9.47 Å². The first-order chi connectivity index (χ1) is 6.91. The summed E-state index contributed by atoms with van der Waals surface area (Å²) in [5.41, 5.74) is -0.240. The molecule has 0 heterocycles. The summed E-state index contributed by atoms with van der Waals surface area (Å²) in [7, 11) is 0. The predicted octanol–water partition coefficient (Wildman–Crippen LogP) is 1.80. The maximum Gasteiger partial charge on any atom is 0.222 e. The van der Waals surface area contributed by atoms with Crippen LogP contribution in [0.5, 0.6) is 0 Å². The summed E-state index contributed by atoms with van der Waals surface area (Å²) in [5.74, 6) is 5.53. The van der Waals surface area contributed by atoms with Crippen molar-refractivity contribution >= 4 is 0 Å². The van der Waals surface area contributed by atoms with Crippen LogP contribution >= 0.6 is 0 Å². The van der Waals surface area contributed by atoms with Gasteiger partial charge in [0.2, 0.25) is 6.29 Å². The lowest BCUT2D eigenvalue weighted by molar-refractivity contribution is -0.0972. The monoisotopic (exact) mass is 214 g/mol. The molecule has 88 valence electrons. The highest BCUT2D eigenvalue weighted by molar-refractivity contribution is 5.10. The van der Waals surface area contributed by atoms with Crippen LogP contribution in [0, 0.1) is 17.3 Å². The van der Waals surface area contributed by atoms with Crippen LogP contribution < -0.4 is 0 Å². The molecular weight excluding hydrogens is 192 g/mol. The minimum absolute atomic E-state index is 0.240. The lowest BCUT2D eigenvalue weighted by Crippen LogP contribution is -2.25. The van der Waals surface area contributed by atoms with Crippen LogP contribution in [-0.4, -0.2) is 30.7 Å². The van der Waals surface area contributed by atoms with Gasteiger partial charge >= 0.3 is 0 Å². The van der Waals surface area contributed by atoms with Gasteiger partial charge in [0.05, 0.1) is 0 Å². The topological polar surface area (TPSA) is 38.7 Å². The first-order valence-corrected chi connectivity index (χ1v) is 5.34. The Labute approximate surface area is 92.8 Å². The van der Waals surface area contributed by atoms with Gasteiger partial charge in [-0.2, -0.15) is 0 Å². The quantitative estimate of drug-likeness (QED) is 0.573. The van der Waals surface area contributed by atoms with Gasteiger partial charge in [0.15, 0.2) is 0 Å². The normalized spacial score (nSPS) is 13.5. The van der Waals surface area contributed by atoms with E-state index in [9.17, 15) is 5.11 Å². The summed E-state index contributed by atoms with van der Waals surface area (Å²) in [5, 5.41) is 9.69. The molecule has 0 fully saturated rings. The fourth-order valence-corrected chi connectivity index (χ4v) is 0.798. The molecule has 0 bridgehead atoms. The number of aliphatic hydroxyl groups is 1. The average molecular weight is 214 g/mol. The van der Waals surface area contributed by atoms with Gasteiger partial charge in [-0.05, 0) is 25.2 Å². The van der Waals surface area contributed by atoms with Crippen molar-refractivity contribution in [2.45, 2.75) is 47.0 Å². The molecule has 0 rings (SSSR count). The van der Waals surface area contributed by atoms with Crippen LogP contribution in [0.15, 0.2) is 0 Å². The van der Waals surface area contributed by atoms with Crippen molar-refractivity contribution in [3.05, 3.63) is 0 Å². The Bertz CT molecular complexity index is 213. The molecule has 0 aliphatic rings. The third-order valence-electron chi connectivity index (χ3n) is 1.79. The van der Waals surface area contributed by atoms with Crippen LogP contribution in [0.2, 0.25) is 0 Å². The zero-order valence-corrected chi connectivity index (χ0v) is 10.3. The maximum atomic E-state index is 9.69. The number of hydrogen-bond acceptors (Lipinski definition) is 3. The second kappa shape index (κ2) is 6.84. The van der Waals surface area contributed by atoms with Gasteiger partial charge in [0, 0.05) is 13.2 Å². The van der Waals surface area contributed by atoms with Crippen LogP contribution in [0.3, 0.4) is 0 Å². The molecule has 0 spiro atoms. The van der Waals surface area contributed by atoms with Crippen molar-refractivity contribution in [3.8, 4) is 11.8 Å². The molecule has 0 aromatic rings. The molecule has 1 atom stereocenters. The molecule has 15 heavy (non-hydrogen) atoms. The van der Waals surface area contributed by atoms with E-state index >= 15 is 0 Å². The molecule has 3 heteroatoms.